The van der Waals surface area contributed by atoms with Crippen molar-refractivity contribution in [2.75, 3.05) is 19.6 Å². The Balaban J connectivity index is 2.81. The number of amides is 2. The Morgan fingerprint density at radius 1 is 1.72 bits per heavy atom. The van der Waals surface area contributed by atoms with E-state index in [1.54, 1.807) is 6.92 Å². The van der Waals surface area contributed by atoms with Crippen LogP contribution in [0.1, 0.15) is 6.92 Å². The highest BCUT2D eigenvalue weighted by Gasteiger charge is 2.18. The minimum Gasteiger partial charge on any atom is -0.358 e. The van der Waals surface area contributed by atoms with Crippen LogP contribution in [-0.2, 0) is 9.59 Å². The molecule has 0 saturated carbocycles. The van der Waals surface area contributed by atoms with Crippen LogP contribution in [0.3, 0.4) is 0 Å². The number of piperazine rings is 1. The number of hydrazone groups is 1. The molecular weight excluding hydrogens is 389 g/mol. The van der Waals surface area contributed by atoms with Crippen LogP contribution >= 0.6 is 40.0 Å². The van der Waals surface area contributed by atoms with E-state index in [0.717, 1.165) is 0 Å². The standard InChI is InChI=1S/C9H13ClIN4O2P/c1-7(10)8(4-13-15(6-16)18-11)14-3-2-12-9(17)5-14/h4,6,18H,2-3,5H2,1H3,(H,12,17)/b8-7-,13-4-. The van der Waals surface area contributed by atoms with Crippen LogP contribution in [0.15, 0.2) is 15.8 Å². The fourth-order valence-electron chi connectivity index (χ4n) is 1.42. The van der Waals surface area contributed by atoms with E-state index in [0.29, 0.717) is 30.2 Å². The fraction of sp³-hybridized carbons (Fsp3) is 0.444. The van der Waals surface area contributed by atoms with Gasteiger partial charge < -0.3 is 10.2 Å². The molecule has 2 amide bonds. The Hall–Kier alpha value is -0.400. The van der Waals surface area contributed by atoms with E-state index in [2.05, 4.69) is 32.5 Å². The van der Waals surface area contributed by atoms with Gasteiger partial charge in [0.05, 0.1) is 24.8 Å². The van der Waals surface area contributed by atoms with Gasteiger partial charge in [-0.15, -0.1) is 0 Å². The van der Waals surface area contributed by atoms with Gasteiger partial charge in [-0.05, 0) is 29.0 Å². The summed E-state index contributed by atoms with van der Waals surface area (Å²) >= 11 is 8.06. The Kier molecular flexibility index (Phi) is 6.88. The summed E-state index contributed by atoms with van der Waals surface area (Å²) in [5.74, 6) is -0.0481. The highest BCUT2D eigenvalue weighted by molar-refractivity contribution is 14.2. The number of rotatable bonds is 5. The topological polar surface area (TPSA) is 65.0 Å². The van der Waals surface area contributed by atoms with E-state index in [4.69, 9.17) is 11.6 Å². The molecule has 1 heterocycles. The third-order valence-electron chi connectivity index (χ3n) is 2.22. The second-order valence-corrected chi connectivity index (χ2v) is 6.11. The van der Waals surface area contributed by atoms with E-state index >= 15 is 0 Å². The molecule has 0 aromatic heterocycles. The van der Waals surface area contributed by atoms with Crippen molar-refractivity contribution in [3.63, 3.8) is 0 Å². The number of hydrogen-bond donors (Lipinski definition) is 1. The van der Waals surface area contributed by atoms with Gasteiger partial charge in [0.1, 0.15) is 0 Å². The number of nitrogens with zero attached hydrogens (tertiary/aromatic N) is 3. The summed E-state index contributed by atoms with van der Waals surface area (Å²) in [6, 6.07) is 0. The molecule has 1 N–H and O–H groups in total. The smallest absolute Gasteiger partial charge is 0.239 e. The van der Waals surface area contributed by atoms with Crippen molar-refractivity contribution < 1.29 is 9.59 Å². The first-order valence-corrected chi connectivity index (χ1v) is 9.55. The van der Waals surface area contributed by atoms with Crippen LogP contribution in [-0.4, -0.2) is 47.8 Å². The van der Waals surface area contributed by atoms with Gasteiger partial charge in [0.15, 0.2) is 0 Å². The summed E-state index contributed by atoms with van der Waals surface area (Å²) in [5.41, 5.74) is 0.660. The molecular formula is C9H13ClIN4O2P. The lowest BCUT2D eigenvalue weighted by molar-refractivity contribution is -0.123. The monoisotopic (exact) mass is 402 g/mol. The number of halogens is 2. The van der Waals surface area contributed by atoms with Crippen molar-refractivity contribution in [3.05, 3.63) is 10.7 Å². The van der Waals surface area contributed by atoms with Gasteiger partial charge in [-0.1, -0.05) is 11.6 Å². The fourth-order valence-corrected chi connectivity index (χ4v) is 2.44. The molecule has 0 bridgehead atoms. The molecule has 0 aromatic carbocycles. The van der Waals surface area contributed by atoms with Gasteiger partial charge in [0.2, 0.25) is 12.3 Å². The summed E-state index contributed by atoms with van der Waals surface area (Å²) < 4.78 is 1.27. The number of hydrogen-bond acceptors (Lipinski definition) is 4. The predicted molar refractivity (Wildman–Crippen MR) is 81.9 cm³/mol. The van der Waals surface area contributed by atoms with Crippen LogP contribution in [0.4, 0.5) is 0 Å². The van der Waals surface area contributed by atoms with Crippen LogP contribution < -0.4 is 5.32 Å². The van der Waals surface area contributed by atoms with Crippen molar-refractivity contribution in [1.29, 1.82) is 0 Å². The summed E-state index contributed by atoms with van der Waals surface area (Å²) in [6.45, 7) is 3.22. The third-order valence-corrected chi connectivity index (χ3v) is 4.29. The van der Waals surface area contributed by atoms with E-state index in [-0.39, 0.29) is 18.8 Å². The average molecular weight is 403 g/mol. The molecule has 0 aromatic rings. The lowest BCUT2D eigenvalue weighted by atomic mass is 10.3. The lowest BCUT2D eigenvalue weighted by Crippen LogP contribution is -2.47. The summed E-state index contributed by atoms with van der Waals surface area (Å²) in [5, 5.41) is 7.29. The van der Waals surface area contributed by atoms with E-state index in [9.17, 15) is 9.59 Å². The summed E-state index contributed by atoms with van der Waals surface area (Å²) in [6.07, 6.45) is 2.38. The minimum absolute atomic E-state index is 0.0481. The first-order chi connectivity index (χ1) is 8.58. The maximum absolute atomic E-state index is 11.3. The zero-order chi connectivity index (χ0) is 13.5. The molecule has 0 radical (unpaired) electrons. The Bertz CT molecular complexity index is 387. The molecule has 18 heavy (non-hydrogen) atoms. The van der Waals surface area contributed by atoms with Crippen LogP contribution in [0.2, 0.25) is 0 Å². The molecule has 1 fully saturated rings. The largest absolute Gasteiger partial charge is 0.358 e. The quantitative estimate of drug-likeness (QED) is 0.248. The molecule has 1 atom stereocenters. The van der Waals surface area contributed by atoms with Crippen LogP contribution in [0.25, 0.3) is 0 Å². The van der Waals surface area contributed by atoms with E-state index < -0.39 is 0 Å². The Morgan fingerprint density at radius 2 is 2.44 bits per heavy atom. The molecule has 1 aliphatic heterocycles. The number of allylic oxidation sites excluding steroid dienone is 2. The zero-order valence-corrected chi connectivity index (χ0v) is 13.6. The molecule has 9 heteroatoms. The number of nitrogens with one attached hydrogen (secondary N) is 1. The maximum atomic E-state index is 11.3. The Labute approximate surface area is 125 Å². The molecule has 1 aliphatic rings. The molecule has 1 saturated heterocycles. The van der Waals surface area contributed by atoms with Crippen molar-refractivity contribution in [3.8, 4) is 0 Å². The molecule has 1 rings (SSSR count). The Morgan fingerprint density at radius 3 is 2.94 bits per heavy atom. The van der Waals surface area contributed by atoms with Gasteiger partial charge in [0, 0.05) is 18.1 Å². The highest BCUT2D eigenvalue weighted by Crippen LogP contribution is 2.25. The second kappa shape index (κ2) is 7.91. The molecule has 100 valence electrons. The van der Waals surface area contributed by atoms with Crippen molar-refractivity contribution in [2.24, 2.45) is 5.10 Å². The van der Waals surface area contributed by atoms with E-state index in [1.165, 1.54) is 11.0 Å². The van der Waals surface area contributed by atoms with E-state index in [1.807, 2.05) is 4.90 Å². The highest BCUT2D eigenvalue weighted by atomic mass is 127. The van der Waals surface area contributed by atoms with Crippen molar-refractivity contribution in [2.45, 2.75) is 6.92 Å². The average Bonchev–Trinajstić information content (AvgIpc) is 2.34. The second-order valence-electron chi connectivity index (χ2n) is 3.47. The first-order valence-electron chi connectivity index (χ1n) is 5.11. The van der Waals surface area contributed by atoms with Gasteiger partial charge in [0.25, 0.3) is 0 Å². The van der Waals surface area contributed by atoms with Crippen LogP contribution in [0.5, 0.6) is 0 Å². The lowest BCUT2D eigenvalue weighted by Gasteiger charge is -2.29. The zero-order valence-electron chi connectivity index (χ0n) is 9.69. The molecule has 6 nitrogen and oxygen atoms in total. The van der Waals surface area contributed by atoms with Gasteiger partial charge >= 0.3 is 0 Å². The minimum atomic E-state index is -0.0481. The molecule has 0 spiro atoms. The molecule has 1 unspecified atom stereocenters. The maximum Gasteiger partial charge on any atom is 0.239 e. The first kappa shape index (κ1) is 15.7. The number of carbonyl (C=O) groups excluding carboxylic acids is 2. The van der Waals surface area contributed by atoms with Crippen molar-refractivity contribution >= 4 is 58.5 Å². The van der Waals surface area contributed by atoms with Gasteiger partial charge in [-0.3, -0.25) is 9.59 Å². The third kappa shape index (κ3) is 4.70. The summed E-state index contributed by atoms with van der Waals surface area (Å²) in [7, 11) is 0. The number of carbonyl (C=O) groups is 2. The SMILES string of the molecule is C/C(Cl)=C(\C=N/N(C=O)PI)N1CCNC(=O)C1. The van der Waals surface area contributed by atoms with Crippen molar-refractivity contribution in [1.82, 2.24) is 15.0 Å². The van der Waals surface area contributed by atoms with Gasteiger partial charge in [-0.2, -0.15) is 5.10 Å². The molecule has 0 aliphatic carbocycles. The predicted octanol–water partition coefficient (Wildman–Crippen LogP) is 1.28. The normalized spacial score (nSPS) is 18.2. The summed E-state index contributed by atoms with van der Waals surface area (Å²) in [4.78, 5) is 23.8. The van der Waals surface area contributed by atoms with Gasteiger partial charge in [-0.25, -0.2) is 4.78 Å². The van der Waals surface area contributed by atoms with Crippen LogP contribution in [0, 0.1) is 0 Å².